The zero-order valence-corrected chi connectivity index (χ0v) is 12.2. The van der Waals surface area contributed by atoms with Gasteiger partial charge < -0.3 is 0 Å². The van der Waals surface area contributed by atoms with E-state index < -0.39 is 10.1 Å². The van der Waals surface area contributed by atoms with Crippen LogP contribution in [-0.4, -0.2) is 24.5 Å². The lowest BCUT2D eigenvalue weighted by atomic mass is 9.98. The Morgan fingerprint density at radius 3 is 2.47 bits per heavy atom. The van der Waals surface area contributed by atoms with Gasteiger partial charge in [-0.1, -0.05) is 24.1 Å². The summed E-state index contributed by atoms with van der Waals surface area (Å²) >= 11 is 0. The summed E-state index contributed by atoms with van der Waals surface area (Å²) in [7, 11) is -3.87. The van der Waals surface area contributed by atoms with Gasteiger partial charge in [0.1, 0.15) is 0 Å². The number of Topliss-reactive ketones (excluding diaryl/α,β-unsaturated/α-hetero) is 1. The molecule has 0 atom stereocenters. The van der Waals surface area contributed by atoms with Crippen LogP contribution in [0.25, 0.3) is 0 Å². The van der Waals surface area contributed by atoms with E-state index in [1.807, 2.05) is 32.0 Å². The van der Waals surface area contributed by atoms with Crippen molar-refractivity contribution in [1.82, 2.24) is 0 Å². The molecule has 1 rings (SSSR count). The molecule has 1 N–H and O–H groups in total. The molecule has 106 valence electrons. The van der Waals surface area contributed by atoms with Crippen LogP contribution in [0, 0.1) is 13.8 Å². The summed E-state index contributed by atoms with van der Waals surface area (Å²) < 4.78 is 29.6. The highest BCUT2D eigenvalue weighted by Crippen LogP contribution is 2.15. The third-order valence-electron chi connectivity index (χ3n) is 3.00. The Morgan fingerprint density at radius 1 is 1.16 bits per heavy atom. The van der Waals surface area contributed by atoms with E-state index in [2.05, 4.69) is 0 Å². The van der Waals surface area contributed by atoms with Crippen LogP contribution in [0.5, 0.6) is 0 Å². The fraction of sp³-hybridized carbons (Fsp3) is 0.500. The van der Waals surface area contributed by atoms with Crippen LogP contribution in [0.2, 0.25) is 0 Å². The molecule has 0 bridgehead atoms. The predicted octanol–water partition coefficient (Wildman–Crippen LogP) is 2.93. The average Bonchev–Trinajstić information content (AvgIpc) is 2.30. The predicted molar refractivity (Wildman–Crippen MR) is 75.1 cm³/mol. The van der Waals surface area contributed by atoms with Crippen LogP contribution in [0.15, 0.2) is 18.2 Å². The Bertz CT molecular complexity index is 547. The average molecular weight is 284 g/mol. The van der Waals surface area contributed by atoms with E-state index in [9.17, 15) is 13.2 Å². The second-order valence-corrected chi connectivity index (χ2v) is 6.41. The van der Waals surface area contributed by atoms with Gasteiger partial charge in [0.15, 0.2) is 5.78 Å². The van der Waals surface area contributed by atoms with Gasteiger partial charge in [0.25, 0.3) is 10.1 Å². The van der Waals surface area contributed by atoms with Gasteiger partial charge in [-0.3, -0.25) is 9.35 Å². The van der Waals surface area contributed by atoms with Gasteiger partial charge in [-0.05, 0) is 38.3 Å². The van der Waals surface area contributed by atoms with Crippen molar-refractivity contribution in [2.75, 3.05) is 5.75 Å². The second kappa shape index (κ2) is 6.82. The molecule has 0 fully saturated rings. The molecule has 0 saturated heterocycles. The van der Waals surface area contributed by atoms with Crippen LogP contribution >= 0.6 is 0 Å². The van der Waals surface area contributed by atoms with Gasteiger partial charge in [-0.15, -0.1) is 0 Å². The molecule has 0 saturated carbocycles. The maximum atomic E-state index is 12.0. The van der Waals surface area contributed by atoms with Crippen molar-refractivity contribution in [3.8, 4) is 0 Å². The molecule has 0 aliphatic rings. The van der Waals surface area contributed by atoms with Crippen molar-refractivity contribution in [3.63, 3.8) is 0 Å². The quantitative estimate of drug-likeness (QED) is 0.475. The molecule has 4 nitrogen and oxygen atoms in total. The maximum Gasteiger partial charge on any atom is 0.264 e. The molecule has 0 aliphatic carbocycles. The lowest BCUT2D eigenvalue weighted by molar-refractivity contribution is 0.0978. The zero-order valence-electron chi connectivity index (χ0n) is 11.3. The first-order valence-electron chi connectivity index (χ1n) is 6.35. The zero-order chi connectivity index (χ0) is 14.5. The first kappa shape index (κ1) is 15.9. The highest BCUT2D eigenvalue weighted by molar-refractivity contribution is 7.85. The smallest absolute Gasteiger partial charge is 0.264 e. The van der Waals surface area contributed by atoms with E-state index in [-0.39, 0.29) is 11.5 Å². The topological polar surface area (TPSA) is 71.4 Å². The lowest BCUT2D eigenvalue weighted by Gasteiger charge is -2.06. The minimum Gasteiger partial charge on any atom is -0.294 e. The minimum atomic E-state index is -3.87. The van der Waals surface area contributed by atoms with E-state index in [4.69, 9.17) is 4.55 Å². The standard InChI is InChI=1S/C14H20O4S/c1-11-7-8-12(2)13(10-11)14(15)6-4-3-5-9-19(16,17)18/h7-8,10H,3-6,9H2,1-2H3,(H,16,17,18). The molecule has 0 aromatic heterocycles. The third-order valence-corrected chi connectivity index (χ3v) is 3.80. The molecule has 1 aromatic carbocycles. The normalized spacial score (nSPS) is 11.5. The molecule has 0 aliphatic heterocycles. The maximum absolute atomic E-state index is 12.0. The Morgan fingerprint density at radius 2 is 1.84 bits per heavy atom. The Kier molecular flexibility index (Phi) is 5.69. The van der Waals surface area contributed by atoms with Gasteiger partial charge in [0.05, 0.1) is 5.75 Å². The number of benzene rings is 1. The molecular weight excluding hydrogens is 264 g/mol. The minimum absolute atomic E-state index is 0.0908. The lowest BCUT2D eigenvalue weighted by Crippen LogP contribution is -2.05. The van der Waals surface area contributed by atoms with Crippen LogP contribution in [0.3, 0.4) is 0 Å². The van der Waals surface area contributed by atoms with Crippen LogP contribution in [-0.2, 0) is 10.1 Å². The molecule has 0 amide bonds. The summed E-state index contributed by atoms with van der Waals surface area (Å²) in [6.07, 6.45) is 2.06. The van der Waals surface area contributed by atoms with E-state index in [1.165, 1.54) is 0 Å². The number of carbonyl (C=O) groups is 1. The van der Waals surface area contributed by atoms with Crippen molar-refractivity contribution < 1.29 is 17.8 Å². The Hall–Kier alpha value is -1.20. The largest absolute Gasteiger partial charge is 0.294 e. The highest BCUT2D eigenvalue weighted by atomic mass is 32.2. The molecule has 5 heteroatoms. The van der Waals surface area contributed by atoms with Crippen LogP contribution < -0.4 is 0 Å². The number of rotatable bonds is 7. The number of unbranched alkanes of at least 4 members (excludes halogenated alkanes) is 2. The molecule has 0 radical (unpaired) electrons. The summed E-state index contributed by atoms with van der Waals surface area (Å²) in [6.45, 7) is 3.85. The summed E-state index contributed by atoms with van der Waals surface area (Å²) in [5, 5.41) is 0. The Balaban J connectivity index is 2.42. The first-order chi connectivity index (χ1) is 8.79. The molecule has 19 heavy (non-hydrogen) atoms. The van der Waals surface area contributed by atoms with Gasteiger partial charge in [0, 0.05) is 12.0 Å². The SMILES string of the molecule is Cc1ccc(C)c(C(=O)CCCCCS(=O)(=O)O)c1. The van der Waals surface area contributed by atoms with Crippen LogP contribution in [0.4, 0.5) is 0 Å². The van der Waals surface area contributed by atoms with Gasteiger partial charge >= 0.3 is 0 Å². The third kappa shape index (κ3) is 5.98. The van der Waals surface area contributed by atoms with Crippen molar-refractivity contribution in [2.45, 2.75) is 39.5 Å². The van der Waals surface area contributed by atoms with Gasteiger partial charge in [-0.25, -0.2) is 0 Å². The van der Waals surface area contributed by atoms with E-state index in [1.54, 1.807) is 0 Å². The van der Waals surface area contributed by atoms with Crippen molar-refractivity contribution in [1.29, 1.82) is 0 Å². The second-order valence-electron chi connectivity index (χ2n) is 4.84. The molecule has 0 heterocycles. The first-order valence-corrected chi connectivity index (χ1v) is 7.96. The van der Waals surface area contributed by atoms with Gasteiger partial charge in [0.2, 0.25) is 0 Å². The highest BCUT2D eigenvalue weighted by Gasteiger charge is 2.09. The summed E-state index contributed by atoms with van der Waals surface area (Å²) in [5.41, 5.74) is 2.77. The van der Waals surface area contributed by atoms with Crippen LogP contribution in [0.1, 0.15) is 47.2 Å². The summed E-state index contributed by atoms with van der Waals surface area (Å²) in [4.78, 5) is 12.0. The number of carbonyl (C=O) groups excluding carboxylic acids is 1. The summed E-state index contributed by atoms with van der Waals surface area (Å²) in [6, 6.07) is 5.79. The van der Waals surface area contributed by atoms with Crippen molar-refractivity contribution in [3.05, 3.63) is 34.9 Å². The number of aryl methyl sites for hydroxylation is 2. The number of hydrogen-bond donors (Lipinski definition) is 1. The fourth-order valence-corrected chi connectivity index (χ4v) is 2.49. The Labute approximate surface area is 114 Å². The molecule has 0 spiro atoms. The number of ketones is 1. The monoisotopic (exact) mass is 284 g/mol. The van der Waals surface area contributed by atoms with E-state index in [0.29, 0.717) is 25.7 Å². The molecular formula is C14H20O4S. The van der Waals surface area contributed by atoms with E-state index in [0.717, 1.165) is 16.7 Å². The number of hydrogen-bond acceptors (Lipinski definition) is 3. The fourth-order valence-electron chi connectivity index (χ4n) is 1.92. The summed E-state index contributed by atoms with van der Waals surface area (Å²) in [5.74, 6) is -0.141. The van der Waals surface area contributed by atoms with Gasteiger partial charge in [-0.2, -0.15) is 8.42 Å². The van der Waals surface area contributed by atoms with Crippen molar-refractivity contribution >= 4 is 15.9 Å². The molecule has 0 unspecified atom stereocenters. The van der Waals surface area contributed by atoms with E-state index >= 15 is 0 Å². The van der Waals surface area contributed by atoms with Crippen molar-refractivity contribution in [2.24, 2.45) is 0 Å². The molecule has 1 aromatic rings.